The molecule has 0 saturated carbocycles. The Balaban J connectivity index is 2.09. The largest absolute Gasteiger partial charge is 0.480 e. The molecule has 1 aromatic carbocycles. The molecule has 23 heavy (non-hydrogen) atoms. The molecule has 8 heteroatoms. The van der Waals surface area contributed by atoms with Gasteiger partial charge in [0.05, 0.1) is 11.6 Å². The lowest BCUT2D eigenvalue weighted by Gasteiger charge is -2.18. The van der Waals surface area contributed by atoms with Gasteiger partial charge in [0, 0.05) is 19.7 Å². The van der Waals surface area contributed by atoms with Gasteiger partial charge in [0.2, 0.25) is 12.7 Å². The Morgan fingerprint density at radius 1 is 1.43 bits per heavy atom. The second-order valence-corrected chi connectivity index (χ2v) is 5.12. The molecule has 1 aliphatic heterocycles. The molecule has 0 radical (unpaired) electrons. The molecular weight excluding hydrogens is 326 g/mol. The number of aliphatic carboxylic acids is 1. The van der Waals surface area contributed by atoms with E-state index in [-0.39, 0.29) is 19.9 Å². The number of ether oxygens (including phenoxy) is 3. The minimum Gasteiger partial charge on any atom is -0.480 e. The van der Waals surface area contributed by atoms with Crippen molar-refractivity contribution in [1.29, 1.82) is 0 Å². The first-order valence-corrected chi connectivity index (χ1v) is 7.16. The maximum atomic E-state index is 12.1. The molecule has 0 bridgehead atoms. The Morgan fingerprint density at radius 3 is 2.91 bits per heavy atom. The van der Waals surface area contributed by atoms with E-state index in [1.165, 1.54) is 24.2 Å². The van der Waals surface area contributed by atoms with E-state index in [4.69, 9.17) is 30.9 Å². The lowest BCUT2D eigenvalue weighted by Crippen LogP contribution is -2.36. The minimum atomic E-state index is -1.09. The van der Waals surface area contributed by atoms with Crippen molar-refractivity contribution < 1.29 is 28.9 Å². The molecule has 0 unspecified atom stereocenters. The first-order valence-electron chi connectivity index (χ1n) is 6.78. The van der Waals surface area contributed by atoms with E-state index in [2.05, 4.69) is 0 Å². The highest BCUT2D eigenvalue weighted by Crippen LogP contribution is 2.40. The fourth-order valence-corrected chi connectivity index (χ4v) is 2.26. The van der Waals surface area contributed by atoms with Gasteiger partial charge in [-0.2, -0.15) is 0 Å². The average molecular weight is 342 g/mol. The Bertz CT molecular complexity index is 631. The minimum absolute atomic E-state index is 0.102. The van der Waals surface area contributed by atoms with E-state index in [1.54, 1.807) is 12.1 Å². The van der Waals surface area contributed by atoms with Crippen LogP contribution in [0.1, 0.15) is 5.56 Å². The van der Waals surface area contributed by atoms with Gasteiger partial charge in [-0.05, 0) is 23.8 Å². The zero-order chi connectivity index (χ0) is 16.8. The van der Waals surface area contributed by atoms with Crippen LogP contribution >= 0.6 is 11.6 Å². The van der Waals surface area contributed by atoms with Crippen LogP contribution in [-0.4, -0.2) is 55.5 Å². The van der Waals surface area contributed by atoms with Gasteiger partial charge in [-0.3, -0.25) is 9.59 Å². The van der Waals surface area contributed by atoms with Crippen molar-refractivity contribution in [3.05, 3.63) is 28.8 Å². The smallest absolute Gasteiger partial charge is 0.323 e. The molecule has 0 atom stereocenters. The van der Waals surface area contributed by atoms with Crippen molar-refractivity contribution in [2.24, 2.45) is 0 Å². The number of methoxy groups -OCH3 is 1. The molecule has 124 valence electrons. The molecule has 1 amide bonds. The van der Waals surface area contributed by atoms with Gasteiger partial charge < -0.3 is 24.2 Å². The number of benzene rings is 1. The Labute approximate surface area is 138 Å². The fourth-order valence-electron chi connectivity index (χ4n) is 1.99. The van der Waals surface area contributed by atoms with Gasteiger partial charge >= 0.3 is 5.97 Å². The van der Waals surface area contributed by atoms with E-state index in [0.29, 0.717) is 22.1 Å². The summed E-state index contributed by atoms with van der Waals surface area (Å²) in [7, 11) is 1.48. The molecule has 0 aliphatic carbocycles. The van der Waals surface area contributed by atoms with Crippen LogP contribution in [0.15, 0.2) is 18.2 Å². The molecule has 7 nitrogen and oxygen atoms in total. The van der Waals surface area contributed by atoms with Gasteiger partial charge in [0.15, 0.2) is 11.5 Å². The van der Waals surface area contributed by atoms with Crippen molar-refractivity contribution in [3.63, 3.8) is 0 Å². The Morgan fingerprint density at radius 2 is 2.22 bits per heavy atom. The number of amides is 1. The molecule has 1 heterocycles. The number of nitrogens with zero attached hydrogens (tertiary/aromatic N) is 1. The zero-order valence-corrected chi connectivity index (χ0v) is 13.2. The highest BCUT2D eigenvalue weighted by Gasteiger charge is 2.18. The number of hydrogen-bond donors (Lipinski definition) is 1. The highest BCUT2D eigenvalue weighted by molar-refractivity contribution is 6.32. The van der Waals surface area contributed by atoms with E-state index >= 15 is 0 Å². The fraction of sp³-hybridized carbons (Fsp3) is 0.333. The van der Waals surface area contributed by atoms with Crippen molar-refractivity contribution >= 4 is 29.6 Å². The third-order valence-corrected chi connectivity index (χ3v) is 3.35. The summed E-state index contributed by atoms with van der Waals surface area (Å²) in [5.74, 6) is -0.540. The summed E-state index contributed by atoms with van der Waals surface area (Å²) in [4.78, 5) is 24.1. The number of carboxylic acid groups (broad SMARTS) is 1. The predicted octanol–water partition coefficient (Wildman–Crippen LogP) is 1.64. The van der Waals surface area contributed by atoms with Crippen molar-refractivity contribution in [1.82, 2.24) is 4.90 Å². The van der Waals surface area contributed by atoms with Crippen LogP contribution in [0.4, 0.5) is 0 Å². The molecule has 0 spiro atoms. The van der Waals surface area contributed by atoms with Gasteiger partial charge in [0.1, 0.15) is 6.54 Å². The number of carbonyl (C=O) groups is 2. The van der Waals surface area contributed by atoms with Gasteiger partial charge in [0.25, 0.3) is 0 Å². The summed E-state index contributed by atoms with van der Waals surface area (Å²) < 4.78 is 15.3. The summed E-state index contributed by atoms with van der Waals surface area (Å²) >= 11 is 6.06. The zero-order valence-electron chi connectivity index (χ0n) is 12.5. The maximum Gasteiger partial charge on any atom is 0.323 e. The topological polar surface area (TPSA) is 85.3 Å². The number of carbonyl (C=O) groups excluding carboxylic acids is 1. The molecule has 2 rings (SSSR count). The summed E-state index contributed by atoms with van der Waals surface area (Å²) in [5, 5.41) is 9.24. The summed E-state index contributed by atoms with van der Waals surface area (Å²) in [6.45, 7) is 0.148. The first kappa shape index (κ1) is 17.1. The third-order valence-electron chi connectivity index (χ3n) is 3.07. The third kappa shape index (κ3) is 4.61. The number of hydrogen-bond acceptors (Lipinski definition) is 5. The van der Waals surface area contributed by atoms with E-state index in [0.717, 1.165) is 0 Å². The second kappa shape index (κ2) is 7.85. The number of carboxylic acids is 1. The molecular formula is C15H16ClNO6. The van der Waals surface area contributed by atoms with Gasteiger partial charge in [-0.1, -0.05) is 11.6 Å². The lowest BCUT2D eigenvalue weighted by molar-refractivity contribution is -0.143. The molecule has 0 fully saturated rings. The predicted molar refractivity (Wildman–Crippen MR) is 82.7 cm³/mol. The maximum absolute atomic E-state index is 12.1. The van der Waals surface area contributed by atoms with E-state index in [9.17, 15) is 9.59 Å². The van der Waals surface area contributed by atoms with Crippen LogP contribution in [0.5, 0.6) is 11.5 Å². The van der Waals surface area contributed by atoms with Crippen molar-refractivity contribution in [2.75, 3.05) is 33.6 Å². The van der Waals surface area contributed by atoms with Crippen LogP contribution in [0.3, 0.4) is 0 Å². The van der Waals surface area contributed by atoms with Crippen LogP contribution < -0.4 is 9.47 Å². The van der Waals surface area contributed by atoms with Gasteiger partial charge in [-0.15, -0.1) is 0 Å². The first-order chi connectivity index (χ1) is 11.0. The number of fused-ring (bicyclic) bond motifs is 1. The van der Waals surface area contributed by atoms with E-state index < -0.39 is 18.4 Å². The summed E-state index contributed by atoms with van der Waals surface area (Å²) in [5.41, 5.74) is 0.648. The number of halogens is 1. The normalized spacial score (nSPS) is 12.6. The monoisotopic (exact) mass is 341 g/mol. The Kier molecular flexibility index (Phi) is 5.84. The molecule has 1 aromatic rings. The molecule has 0 aromatic heterocycles. The van der Waals surface area contributed by atoms with Crippen LogP contribution in [0.2, 0.25) is 5.02 Å². The van der Waals surface area contributed by atoms with E-state index in [1.807, 2.05) is 0 Å². The van der Waals surface area contributed by atoms with Crippen LogP contribution in [-0.2, 0) is 14.3 Å². The summed E-state index contributed by atoms with van der Waals surface area (Å²) in [6.07, 6.45) is 2.82. The molecule has 1 N–H and O–H groups in total. The molecule has 1 aliphatic rings. The second-order valence-electron chi connectivity index (χ2n) is 4.72. The lowest BCUT2D eigenvalue weighted by atomic mass is 10.2. The standard InChI is InChI=1S/C15H16ClNO6/c1-21-5-4-17(8-14(19)20)13(18)3-2-10-6-11(16)15-12(7-10)22-9-23-15/h2-3,6-7H,4-5,8-9H2,1H3,(H,19,20). The van der Waals surface area contributed by atoms with Gasteiger partial charge in [-0.25, -0.2) is 0 Å². The SMILES string of the molecule is COCCN(CC(=O)O)C(=O)C=Cc1cc(Cl)c2c(c1)OCO2. The van der Waals surface area contributed by atoms with Crippen LogP contribution in [0, 0.1) is 0 Å². The van der Waals surface area contributed by atoms with Crippen LogP contribution in [0.25, 0.3) is 6.08 Å². The number of rotatable bonds is 7. The summed E-state index contributed by atoms with van der Waals surface area (Å²) in [6, 6.07) is 3.32. The quantitative estimate of drug-likeness (QED) is 0.759. The highest BCUT2D eigenvalue weighted by atomic mass is 35.5. The molecule has 0 saturated heterocycles. The van der Waals surface area contributed by atoms with Crippen molar-refractivity contribution in [2.45, 2.75) is 0 Å². The average Bonchev–Trinajstić information content (AvgIpc) is 2.97. The Hall–Kier alpha value is -2.25. The van der Waals surface area contributed by atoms with Crippen molar-refractivity contribution in [3.8, 4) is 11.5 Å².